The molecule has 2 heterocycles. The van der Waals surface area contributed by atoms with Crippen LogP contribution in [0.4, 0.5) is 5.69 Å². The number of hydrogen-bond acceptors (Lipinski definition) is 3. The molecule has 0 aliphatic rings. The number of amides is 1. The molecule has 0 aliphatic carbocycles. The Morgan fingerprint density at radius 2 is 1.69 bits per heavy atom. The van der Waals surface area contributed by atoms with Crippen LogP contribution in [0.3, 0.4) is 0 Å². The fourth-order valence-electron chi connectivity index (χ4n) is 3.30. The van der Waals surface area contributed by atoms with Gasteiger partial charge in [0.25, 0.3) is 5.91 Å². The quantitative estimate of drug-likeness (QED) is 0.536. The van der Waals surface area contributed by atoms with Crippen molar-refractivity contribution in [3.8, 4) is 11.1 Å². The molecular weight excluding hydrogens is 362 g/mol. The summed E-state index contributed by atoms with van der Waals surface area (Å²) in [6, 6.07) is 17.7. The lowest BCUT2D eigenvalue weighted by atomic mass is 10.0. The highest BCUT2D eigenvalue weighted by Crippen LogP contribution is 2.20. The molecule has 0 bridgehead atoms. The van der Waals surface area contributed by atoms with E-state index in [1.807, 2.05) is 59.5 Å². The van der Waals surface area contributed by atoms with Crippen molar-refractivity contribution in [2.45, 2.75) is 26.9 Å². The van der Waals surface area contributed by atoms with Crippen molar-refractivity contribution in [3.05, 3.63) is 90.0 Å². The van der Waals surface area contributed by atoms with Crippen LogP contribution in [0.1, 0.15) is 28.5 Å². The number of carbonyl (C=O) groups is 1. The molecule has 29 heavy (non-hydrogen) atoms. The Hall–Kier alpha value is -3.67. The van der Waals surface area contributed by atoms with Gasteiger partial charge >= 0.3 is 0 Å². The van der Waals surface area contributed by atoms with Gasteiger partial charge in [-0.15, -0.1) is 0 Å². The van der Waals surface area contributed by atoms with Gasteiger partial charge in [0, 0.05) is 29.6 Å². The van der Waals surface area contributed by atoms with Gasteiger partial charge in [0.15, 0.2) is 0 Å². The minimum Gasteiger partial charge on any atom is -0.319 e. The van der Waals surface area contributed by atoms with Gasteiger partial charge < -0.3 is 5.32 Å². The summed E-state index contributed by atoms with van der Waals surface area (Å²) in [4.78, 5) is 12.6. The van der Waals surface area contributed by atoms with E-state index in [9.17, 15) is 4.79 Å². The number of anilines is 1. The lowest BCUT2D eigenvalue weighted by Crippen LogP contribution is -2.11. The van der Waals surface area contributed by atoms with Crippen LogP contribution in [0.25, 0.3) is 11.1 Å². The molecule has 0 saturated carbocycles. The molecule has 0 radical (unpaired) electrons. The Balaban J connectivity index is 1.42. The van der Waals surface area contributed by atoms with Gasteiger partial charge in [0.1, 0.15) is 0 Å². The fourth-order valence-corrected chi connectivity index (χ4v) is 3.30. The van der Waals surface area contributed by atoms with E-state index in [0.717, 1.165) is 28.9 Å². The van der Waals surface area contributed by atoms with E-state index in [1.54, 1.807) is 10.9 Å². The first-order valence-electron chi connectivity index (χ1n) is 9.64. The normalized spacial score (nSPS) is 10.8. The van der Waals surface area contributed by atoms with Gasteiger partial charge in [-0.05, 0) is 37.1 Å². The maximum absolute atomic E-state index is 12.6. The zero-order chi connectivity index (χ0) is 20.2. The molecule has 6 nitrogen and oxygen atoms in total. The number of hydrogen-bond donors (Lipinski definition) is 1. The van der Waals surface area contributed by atoms with Crippen LogP contribution >= 0.6 is 0 Å². The zero-order valence-electron chi connectivity index (χ0n) is 16.5. The Kier molecular flexibility index (Phi) is 5.24. The van der Waals surface area contributed by atoms with E-state index in [2.05, 4.69) is 41.5 Å². The second-order valence-corrected chi connectivity index (χ2v) is 6.90. The topological polar surface area (TPSA) is 64.7 Å². The van der Waals surface area contributed by atoms with E-state index in [1.165, 1.54) is 0 Å². The summed E-state index contributed by atoms with van der Waals surface area (Å²) in [6.45, 7) is 5.58. The largest absolute Gasteiger partial charge is 0.319 e. The molecule has 2 aromatic heterocycles. The van der Waals surface area contributed by atoms with E-state index >= 15 is 0 Å². The molecule has 4 aromatic rings. The maximum atomic E-state index is 12.6. The average molecular weight is 385 g/mol. The van der Waals surface area contributed by atoms with Gasteiger partial charge in [0.2, 0.25) is 0 Å². The molecule has 0 aliphatic heterocycles. The number of aryl methyl sites for hydroxylation is 1. The molecule has 2 aromatic carbocycles. The Bertz CT molecular complexity index is 1110. The van der Waals surface area contributed by atoms with Crippen LogP contribution in [0.2, 0.25) is 0 Å². The van der Waals surface area contributed by atoms with E-state index < -0.39 is 0 Å². The standard InChI is InChI=1S/C23H23N5O/c1-3-28-17(2)21(13-25-28)15-27-16-22(14-24-27)26-23(29)20-11-9-19(10-12-20)18-7-5-4-6-8-18/h4-14,16H,3,15H2,1-2H3,(H,26,29). The minimum atomic E-state index is -0.154. The van der Waals surface area contributed by atoms with Crippen LogP contribution < -0.4 is 5.32 Å². The molecule has 4 rings (SSSR count). The Labute approximate surface area is 169 Å². The predicted octanol–water partition coefficient (Wildman–Crippen LogP) is 4.38. The summed E-state index contributed by atoms with van der Waals surface area (Å²) >= 11 is 0. The van der Waals surface area contributed by atoms with Crippen molar-refractivity contribution >= 4 is 11.6 Å². The number of nitrogens with one attached hydrogen (secondary N) is 1. The highest BCUT2D eigenvalue weighted by Gasteiger charge is 2.10. The van der Waals surface area contributed by atoms with Crippen molar-refractivity contribution in [1.82, 2.24) is 19.6 Å². The summed E-state index contributed by atoms with van der Waals surface area (Å²) in [5, 5.41) is 11.6. The first-order valence-corrected chi connectivity index (χ1v) is 9.64. The molecule has 0 saturated heterocycles. The molecule has 0 atom stereocenters. The van der Waals surface area contributed by atoms with Gasteiger partial charge in [-0.1, -0.05) is 42.5 Å². The third kappa shape index (κ3) is 4.11. The van der Waals surface area contributed by atoms with Crippen LogP contribution in [-0.2, 0) is 13.1 Å². The molecule has 1 N–H and O–H groups in total. The monoisotopic (exact) mass is 385 g/mol. The summed E-state index contributed by atoms with van der Waals surface area (Å²) in [7, 11) is 0. The van der Waals surface area contributed by atoms with Crippen molar-refractivity contribution < 1.29 is 4.79 Å². The molecule has 146 valence electrons. The molecule has 0 spiro atoms. The first kappa shape index (κ1) is 18.7. The summed E-state index contributed by atoms with van der Waals surface area (Å²) in [5.74, 6) is -0.154. The Morgan fingerprint density at radius 3 is 2.38 bits per heavy atom. The molecular formula is C23H23N5O. The third-order valence-electron chi connectivity index (χ3n) is 4.98. The van der Waals surface area contributed by atoms with Crippen LogP contribution in [0.15, 0.2) is 73.2 Å². The van der Waals surface area contributed by atoms with Crippen molar-refractivity contribution in [1.29, 1.82) is 0 Å². The molecule has 6 heteroatoms. The van der Waals surface area contributed by atoms with Gasteiger partial charge in [-0.25, -0.2) is 0 Å². The number of benzene rings is 2. The average Bonchev–Trinajstić information content (AvgIpc) is 3.35. The molecule has 1 amide bonds. The van der Waals surface area contributed by atoms with Crippen molar-refractivity contribution in [3.63, 3.8) is 0 Å². The second kappa shape index (κ2) is 8.14. The summed E-state index contributed by atoms with van der Waals surface area (Å²) in [6.07, 6.45) is 5.36. The predicted molar refractivity (Wildman–Crippen MR) is 114 cm³/mol. The highest BCUT2D eigenvalue weighted by atomic mass is 16.1. The molecule has 0 fully saturated rings. The maximum Gasteiger partial charge on any atom is 0.255 e. The van der Waals surface area contributed by atoms with Crippen LogP contribution in [-0.4, -0.2) is 25.5 Å². The van der Waals surface area contributed by atoms with Gasteiger partial charge in [0.05, 0.1) is 24.6 Å². The van der Waals surface area contributed by atoms with E-state index in [0.29, 0.717) is 17.8 Å². The Morgan fingerprint density at radius 1 is 0.966 bits per heavy atom. The van der Waals surface area contributed by atoms with Crippen LogP contribution in [0.5, 0.6) is 0 Å². The fraction of sp³-hybridized carbons (Fsp3) is 0.174. The SMILES string of the molecule is CCn1ncc(Cn2cc(NC(=O)c3ccc(-c4ccccc4)cc3)cn2)c1C. The second-order valence-electron chi connectivity index (χ2n) is 6.90. The minimum absolute atomic E-state index is 0.154. The van der Waals surface area contributed by atoms with E-state index in [-0.39, 0.29) is 5.91 Å². The number of aromatic nitrogens is 4. The van der Waals surface area contributed by atoms with Gasteiger partial charge in [-0.2, -0.15) is 10.2 Å². The number of nitrogens with zero attached hydrogens (tertiary/aromatic N) is 4. The first-order chi connectivity index (χ1) is 14.1. The molecule has 0 unspecified atom stereocenters. The zero-order valence-corrected chi connectivity index (χ0v) is 16.5. The van der Waals surface area contributed by atoms with Gasteiger partial charge in [-0.3, -0.25) is 14.2 Å². The smallest absolute Gasteiger partial charge is 0.255 e. The van der Waals surface area contributed by atoms with Crippen LogP contribution in [0, 0.1) is 6.92 Å². The third-order valence-corrected chi connectivity index (χ3v) is 4.98. The van der Waals surface area contributed by atoms with Crippen molar-refractivity contribution in [2.75, 3.05) is 5.32 Å². The summed E-state index contributed by atoms with van der Waals surface area (Å²) in [5.41, 5.74) is 5.73. The number of rotatable bonds is 6. The highest BCUT2D eigenvalue weighted by molar-refractivity contribution is 6.04. The number of carbonyl (C=O) groups excluding carboxylic acids is 1. The summed E-state index contributed by atoms with van der Waals surface area (Å²) < 4.78 is 3.76. The van der Waals surface area contributed by atoms with Crippen molar-refractivity contribution in [2.24, 2.45) is 0 Å². The van der Waals surface area contributed by atoms with E-state index in [4.69, 9.17) is 0 Å². The lowest BCUT2D eigenvalue weighted by Gasteiger charge is -2.05. The lowest BCUT2D eigenvalue weighted by molar-refractivity contribution is 0.102.